The number of amides is 1. The Kier molecular flexibility index (Phi) is 7.29. The number of nitrogens with one attached hydrogen (secondary N) is 1. The second-order valence-electron chi connectivity index (χ2n) is 6.89. The van der Waals surface area contributed by atoms with Crippen LogP contribution < -0.4 is 10.1 Å². The molecule has 1 amide bonds. The molecule has 1 saturated carbocycles. The maximum absolute atomic E-state index is 12.0. The average molecular weight is 347 g/mol. The molecule has 0 aromatic heterocycles. The molecule has 1 N–H and O–H groups in total. The molecule has 5 heteroatoms. The van der Waals surface area contributed by atoms with Crippen molar-refractivity contribution in [3.05, 3.63) is 29.8 Å². The Morgan fingerprint density at radius 1 is 1.12 bits per heavy atom. The van der Waals surface area contributed by atoms with Gasteiger partial charge in [-0.15, -0.1) is 0 Å². The number of esters is 1. The zero-order valence-electron chi connectivity index (χ0n) is 15.4. The van der Waals surface area contributed by atoms with Gasteiger partial charge in [0, 0.05) is 6.04 Å². The molecular formula is C20H29NO4. The van der Waals surface area contributed by atoms with Crippen LogP contribution >= 0.6 is 0 Å². The minimum atomic E-state index is -0.542. The Labute approximate surface area is 150 Å². The van der Waals surface area contributed by atoms with Gasteiger partial charge in [-0.25, -0.2) is 4.79 Å². The van der Waals surface area contributed by atoms with Gasteiger partial charge in [0.15, 0.2) is 13.2 Å². The lowest BCUT2D eigenvalue weighted by Gasteiger charge is -2.34. The average Bonchev–Trinajstić information content (AvgIpc) is 2.62. The number of hydrogen-bond acceptors (Lipinski definition) is 4. The van der Waals surface area contributed by atoms with Crippen LogP contribution in [0, 0.1) is 11.8 Å². The van der Waals surface area contributed by atoms with Crippen LogP contribution in [0.15, 0.2) is 24.3 Å². The first-order valence-corrected chi connectivity index (χ1v) is 9.16. The van der Waals surface area contributed by atoms with Crippen LogP contribution in [0.2, 0.25) is 0 Å². The molecule has 1 aliphatic rings. The van der Waals surface area contributed by atoms with Crippen molar-refractivity contribution in [2.24, 2.45) is 11.8 Å². The highest BCUT2D eigenvalue weighted by Crippen LogP contribution is 2.29. The first-order valence-electron chi connectivity index (χ1n) is 9.16. The van der Waals surface area contributed by atoms with Crippen LogP contribution in [0.3, 0.4) is 0 Å². The number of aryl methyl sites for hydroxylation is 1. The molecule has 1 aromatic carbocycles. The molecule has 0 bridgehead atoms. The van der Waals surface area contributed by atoms with Crippen molar-refractivity contribution in [2.45, 2.75) is 52.5 Å². The van der Waals surface area contributed by atoms with E-state index in [1.165, 1.54) is 12.0 Å². The van der Waals surface area contributed by atoms with Crippen molar-refractivity contribution >= 4 is 11.9 Å². The van der Waals surface area contributed by atoms with E-state index in [1.807, 2.05) is 24.3 Å². The van der Waals surface area contributed by atoms with Crippen molar-refractivity contribution in [2.75, 3.05) is 13.2 Å². The molecule has 25 heavy (non-hydrogen) atoms. The van der Waals surface area contributed by atoms with Crippen LogP contribution in [-0.4, -0.2) is 31.1 Å². The van der Waals surface area contributed by atoms with Gasteiger partial charge < -0.3 is 14.8 Å². The van der Waals surface area contributed by atoms with E-state index in [0.717, 1.165) is 19.3 Å². The topological polar surface area (TPSA) is 64.6 Å². The third-order valence-electron chi connectivity index (χ3n) is 5.11. The monoisotopic (exact) mass is 347 g/mol. The van der Waals surface area contributed by atoms with Gasteiger partial charge in [-0.1, -0.05) is 45.7 Å². The fraction of sp³-hybridized carbons (Fsp3) is 0.600. The lowest BCUT2D eigenvalue weighted by Crippen LogP contribution is -2.45. The van der Waals surface area contributed by atoms with E-state index >= 15 is 0 Å². The van der Waals surface area contributed by atoms with E-state index in [0.29, 0.717) is 17.6 Å². The second kappa shape index (κ2) is 9.44. The number of ether oxygens (including phenoxy) is 2. The number of rotatable bonds is 7. The highest BCUT2D eigenvalue weighted by atomic mass is 16.6. The van der Waals surface area contributed by atoms with E-state index < -0.39 is 5.97 Å². The summed E-state index contributed by atoms with van der Waals surface area (Å²) in [6.45, 7) is 6.00. The number of benzene rings is 1. The van der Waals surface area contributed by atoms with Gasteiger partial charge in [0.1, 0.15) is 5.75 Å². The van der Waals surface area contributed by atoms with Gasteiger partial charge in [0.25, 0.3) is 5.91 Å². The zero-order chi connectivity index (χ0) is 18.2. The van der Waals surface area contributed by atoms with E-state index in [-0.39, 0.29) is 25.2 Å². The predicted octanol–water partition coefficient (Wildman–Crippen LogP) is 3.11. The van der Waals surface area contributed by atoms with Gasteiger partial charge >= 0.3 is 5.97 Å². The number of carbonyl (C=O) groups is 2. The van der Waals surface area contributed by atoms with Crippen molar-refractivity contribution in [3.63, 3.8) is 0 Å². The van der Waals surface area contributed by atoms with Crippen molar-refractivity contribution in [1.82, 2.24) is 5.32 Å². The first-order chi connectivity index (χ1) is 12.0. The Morgan fingerprint density at radius 2 is 1.84 bits per heavy atom. The van der Waals surface area contributed by atoms with E-state index in [4.69, 9.17) is 9.47 Å². The minimum absolute atomic E-state index is 0.170. The maximum Gasteiger partial charge on any atom is 0.344 e. The Hall–Kier alpha value is -2.04. The van der Waals surface area contributed by atoms with Gasteiger partial charge in [-0.05, 0) is 42.4 Å². The second-order valence-corrected chi connectivity index (χ2v) is 6.89. The molecule has 1 aliphatic carbocycles. The summed E-state index contributed by atoms with van der Waals surface area (Å²) >= 11 is 0. The molecule has 3 unspecified atom stereocenters. The van der Waals surface area contributed by atoms with Crippen molar-refractivity contribution < 1.29 is 19.1 Å². The molecule has 0 heterocycles. The molecule has 138 valence electrons. The van der Waals surface area contributed by atoms with Gasteiger partial charge in [0.2, 0.25) is 0 Å². The highest BCUT2D eigenvalue weighted by molar-refractivity contribution is 5.81. The zero-order valence-corrected chi connectivity index (χ0v) is 15.4. The number of carbonyl (C=O) groups excluding carboxylic acids is 2. The lowest BCUT2D eigenvalue weighted by molar-refractivity contribution is -0.150. The van der Waals surface area contributed by atoms with Crippen LogP contribution in [0.5, 0.6) is 5.75 Å². The fourth-order valence-corrected chi connectivity index (χ4v) is 3.19. The van der Waals surface area contributed by atoms with Crippen LogP contribution in [0.1, 0.15) is 45.6 Å². The summed E-state index contributed by atoms with van der Waals surface area (Å²) in [6, 6.07) is 7.73. The molecule has 0 spiro atoms. The molecule has 2 rings (SSSR count). The summed E-state index contributed by atoms with van der Waals surface area (Å²) in [6.07, 6.45) is 4.28. The van der Waals surface area contributed by atoms with Crippen LogP contribution in [-0.2, 0) is 20.7 Å². The largest absolute Gasteiger partial charge is 0.482 e. The maximum atomic E-state index is 12.0. The Balaban J connectivity index is 1.67. The molecule has 5 nitrogen and oxygen atoms in total. The van der Waals surface area contributed by atoms with E-state index in [9.17, 15) is 9.59 Å². The molecule has 1 fully saturated rings. The molecular weight excluding hydrogens is 318 g/mol. The Morgan fingerprint density at radius 3 is 2.52 bits per heavy atom. The molecule has 1 aromatic rings. The Bertz CT molecular complexity index is 570. The van der Waals surface area contributed by atoms with E-state index in [2.05, 4.69) is 26.1 Å². The SMILES string of the molecule is CCc1ccc(OCC(=O)OCC(=O)NC2CCCC(C)C2C)cc1. The quantitative estimate of drug-likeness (QED) is 0.770. The highest BCUT2D eigenvalue weighted by Gasteiger charge is 2.28. The van der Waals surface area contributed by atoms with Crippen LogP contribution in [0.25, 0.3) is 0 Å². The number of hydrogen-bond donors (Lipinski definition) is 1. The minimum Gasteiger partial charge on any atom is -0.482 e. The summed E-state index contributed by atoms with van der Waals surface area (Å²) < 4.78 is 10.4. The molecule has 3 atom stereocenters. The van der Waals surface area contributed by atoms with Gasteiger partial charge in [-0.3, -0.25) is 4.79 Å². The first kappa shape index (κ1) is 19.3. The van der Waals surface area contributed by atoms with E-state index in [1.54, 1.807) is 0 Å². The van der Waals surface area contributed by atoms with Crippen molar-refractivity contribution in [1.29, 1.82) is 0 Å². The fourth-order valence-electron chi connectivity index (χ4n) is 3.19. The molecule has 0 saturated heterocycles. The summed E-state index contributed by atoms with van der Waals surface area (Å²) in [7, 11) is 0. The van der Waals surface area contributed by atoms with Gasteiger partial charge in [0.05, 0.1) is 0 Å². The van der Waals surface area contributed by atoms with Crippen LogP contribution in [0.4, 0.5) is 0 Å². The summed E-state index contributed by atoms with van der Waals surface area (Å²) in [5.74, 6) is 0.881. The molecule has 0 radical (unpaired) electrons. The standard InChI is InChI=1S/C20H29NO4/c1-4-16-8-10-17(11-9-16)24-13-20(23)25-12-19(22)21-18-7-5-6-14(2)15(18)3/h8-11,14-15,18H,4-7,12-13H2,1-3H3,(H,21,22). The third kappa shape index (κ3) is 6.07. The summed E-state index contributed by atoms with van der Waals surface area (Å²) in [5, 5.41) is 2.98. The summed E-state index contributed by atoms with van der Waals surface area (Å²) in [4.78, 5) is 23.7. The third-order valence-corrected chi connectivity index (χ3v) is 5.11. The van der Waals surface area contributed by atoms with Crippen molar-refractivity contribution in [3.8, 4) is 5.75 Å². The lowest BCUT2D eigenvalue weighted by atomic mass is 9.78. The summed E-state index contributed by atoms with van der Waals surface area (Å²) in [5.41, 5.74) is 1.21. The normalized spacial score (nSPS) is 22.9. The predicted molar refractivity (Wildman–Crippen MR) is 96.4 cm³/mol. The molecule has 0 aliphatic heterocycles. The smallest absolute Gasteiger partial charge is 0.344 e. The van der Waals surface area contributed by atoms with Gasteiger partial charge in [-0.2, -0.15) is 0 Å².